The molecule has 0 spiro atoms. The van der Waals surface area contributed by atoms with Crippen LogP contribution in [0.3, 0.4) is 0 Å². The molecule has 12 heavy (non-hydrogen) atoms. The zero-order valence-corrected chi connectivity index (χ0v) is 9.68. The van der Waals surface area contributed by atoms with Crippen LogP contribution in [-0.2, 0) is 4.43 Å². The van der Waals surface area contributed by atoms with Gasteiger partial charge in [-0.1, -0.05) is 12.1 Å². The van der Waals surface area contributed by atoms with Gasteiger partial charge >= 0.3 is 0 Å². The van der Waals surface area contributed by atoms with Crippen LogP contribution in [0.2, 0.25) is 0 Å². The number of rotatable bonds is 2. The van der Waals surface area contributed by atoms with Crippen LogP contribution in [0, 0.1) is 20.8 Å². The van der Waals surface area contributed by atoms with Crippen molar-refractivity contribution in [2.75, 3.05) is 7.11 Å². The molecule has 0 heterocycles. The Hall–Kier alpha value is -0.603. The molecule has 0 radical (unpaired) electrons. The fraction of sp³-hybridized carbons (Fsp3) is 0.400. The van der Waals surface area contributed by atoms with Gasteiger partial charge in [-0.3, -0.25) is 0 Å². The summed E-state index contributed by atoms with van der Waals surface area (Å²) in [6.07, 6.45) is 0. The Morgan fingerprint density at radius 3 is 2.33 bits per heavy atom. The van der Waals surface area contributed by atoms with Crippen molar-refractivity contribution in [2.45, 2.75) is 20.8 Å². The van der Waals surface area contributed by atoms with Crippen molar-refractivity contribution in [3.05, 3.63) is 28.8 Å². The fourth-order valence-electron chi connectivity index (χ4n) is 1.32. The molecule has 0 aromatic heterocycles. The van der Waals surface area contributed by atoms with Crippen molar-refractivity contribution in [1.29, 1.82) is 0 Å². The molecule has 0 bridgehead atoms. The first-order valence-electron chi connectivity index (χ1n) is 4.21. The van der Waals surface area contributed by atoms with Gasteiger partial charge < -0.3 is 4.43 Å². The smallest absolute Gasteiger partial charge is 0.191 e. The molecule has 66 valence electrons. The Labute approximate surface area is 76.7 Å². The van der Waals surface area contributed by atoms with Crippen LogP contribution in [0.4, 0.5) is 0 Å². The van der Waals surface area contributed by atoms with Crippen molar-refractivity contribution in [3.63, 3.8) is 0 Å². The van der Waals surface area contributed by atoms with Gasteiger partial charge in [0.1, 0.15) is 0 Å². The van der Waals surface area contributed by atoms with Crippen molar-refractivity contribution < 1.29 is 4.43 Å². The Morgan fingerprint density at radius 2 is 1.75 bits per heavy atom. The predicted octanol–water partition coefficient (Wildman–Crippen LogP) is 0.967. The highest BCUT2D eigenvalue weighted by Gasteiger charge is 2.02. The normalized spacial score (nSPS) is 11.3. The Kier molecular flexibility index (Phi) is 3.06. The van der Waals surface area contributed by atoms with E-state index < -0.39 is 9.76 Å². The molecule has 0 aliphatic carbocycles. The van der Waals surface area contributed by atoms with Crippen LogP contribution in [0.5, 0.6) is 0 Å². The molecule has 0 atom stereocenters. The zero-order valence-electron chi connectivity index (χ0n) is 8.27. The van der Waals surface area contributed by atoms with Gasteiger partial charge in [0.25, 0.3) is 0 Å². The molecule has 1 aromatic carbocycles. The maximum Gasteiger partial charge on any atom is 0.191 e. The van der Waals surface area contributed by atoms with Gasteiger partial charge in [-0.15, -0.1) is 0 Å². The third-order valence-electron chi connectivity index (χ3n) is 2.47. The Morgan fingerprint density at radius 1 is 1.08 bits per heavy atom. The lowest BCUT2D eigenvalue weighted by atomic mass is 10.1. The summed E-state index contributed by atoms with van der Waals surface area (Å²) in [4.78, 5) is 0. The fourth-order valence-corrected chi connectivity index (χ4v) is 2.33. The third-order valence-corrected chi connectivity index (χ3v) is 3.84. The van der Waals surface area contributed by atoms with E-state index in [2.05, 4.69) is 32.9 Å². The highest BCUT2D eigenvalue weighted by atomic mass is 28.2. The Bertz CT molecular complexity index is 281. The standard InChI is InChI=1S/C10H16OSi/c1-7-5-6-10(12-11-4)9(3)8(7)2/h5-6H,12H2,1-4H3. The van der Waals surface area contributed by atoms with Crippen LogP contribution in [0.15, 0.2) is 12.1 Å². The SMILES string of the molecule is CO[SiH2]c1ccc(C)c(C)c1C. The molecule has 0 aliphatic rings. The largest absolute Gasteiger partial charge is 0.422 e. The van der Waals surface area contributed by atoms with Gasteiger partial charge in [-0.25, -0.2) is 0 Å². The summed E-state index contributed by atoms with van der Waals surface area (Å²) in [5.41, 5.74) is 4.21. The van der Waals surface area contributed by atoms with Gasteiger partial charge in [-0.2, -0.15) is 0 Å². The van der Waals surface area contributed by atoms with E-state index in [0.29, 0.717) is 0 Å². The summed E-state index contributed by atoms with van der Waals surface area (Å²) in [6.45, 7) is 6.52. The van der Waals surface area contributed by atoms with Crippen LogP contribution in [-0.4, -0.2) is 16.9 Å². The minimum atomic E-state index is -0.467. The molecule has 0 saturated carbocycles. The second kappa shape index (κ2) is 3.87. The van der Waals surface area contributed by atoms with Gasteiger partial charge in [0.15, 0.2) is 9.76 Å². The highest BCUT2D eigenvalue weighted by Crippen LogP contribution is 2.08. The molecular weight excluding hydrogens is 164 g/mol. The first-order valence-corrected chi connectivity index (χ1v) is 5.50. The van der Waals surface area contributed by atoms with E-state index in [1.165, 1.54) is 21.9 Å². The van der Waals surface area contributed by atoms with E-state index in [4.69, 9.17) is 4.43 Å². The van der Waals surface area contributed by atoms with Gasteiger partial charge in [0.05, 0.1) is 0 Å². The lowest BCUT2D eigenvalue weighted by Crippen LogP contribution is -2.20. The first-order chi connectivity index (χ1) is 5.66. The summed E-state index contributed by atoms with van der Waals surface area (Å²) >= 11 is 0. The van der Waals surface area contributed by atoms with E-state index in [0.717, 1.165) is 0 Å². The molecule has 0 N–H and O–H groups in total. The van der Waals surface area contributed by atoms with Gasteiger partial charge in [0.2, 0.25) is 0 Å². The molecule has 1 rings (SSSR count). The summed E-state index contributed by atoms with van der Waals surface area (Å²) in [7, 11) is 1.33. The minimum Gasteiger partial charge on any atom is -0.422 e. The second-order valence-corrected chi connectivity index (χ2v) is 4.85. The average molecular weight is 180 g/mol. The average Bonchev–Trinajstić information content (AvgIpc) is 2.07. The second-order valence-electron chi connectivity index (χ2n) is 3.22. The lowest BCUT2D eigenvalue weighted by molar-refractivity contribution is 0.450. The summed E-state index contributed by atoms with van der Waals surface area (Å²) in [6, 6.07) is 4.39. The van der Waals surface area contributed by atoms with Crippen LogP contribution < -0.4 is 5.19 Å². The summed E-state index contributed by atoms with van der Waals surface area (Å²) in [5, 5.41) is 1.43. The monoisotopic (exact) mass is 180 g/mol. The number of aryl methyl sites for hydroxylation is 1. The number of hydrogen-bond acceptors (Lipinski definition) is 1. The molecule has 0 amide bonds. The van der Waals surface area contributed by atoms with E-state index in [1.807, 2.05) is 0 Å². The maximum atomic E-state index is 5.24. The van der Waals surface area contributed by atoms with Crippen molar-refractivity contribution >= 4 is 14.9 Å². The van der Waals surface area contributed by atoms with E-state index in [9.17, 15) is 0 Å². The topological polar surface area (TPSA) is 9.23 Å². The summed E-state index contributed by atoms with van der Waals surface area (Å²) < 4.78 is 5.24. The number of hydrogen-bond donors (Lipinski definition) is 0. The quantitative estimate of drug-likeness (QED) is 0.616. The molecular formula is C10H16OSi. The molecule has 2 heteroatoms. The summed E-state index contributed by atoms with van der Waals surface area (Å²) in [5.74, 6) is 0. The maximum absolute atomic E-state index is 5.24. The van der Waals surface area contributed by atoms with Crippen LogP contribution in [0.1, 0.15) is 16.7 Å². The van der Waals surface area contributed by atoms with Crippen LogP contribution in [0.25, 0.3) is 0 Å². The van der Waals surface area contributed by atoms with E-state index in [1.54, 1.807) is 7.11 Å². The number of benzene rings is 1. The van der Waals surface area contributed by atoms with Gasteiger partial charge in [0, 0.05) is 7.11 Å². The zero-order chi connectivity index (χ0) is 9.14. The molecule has 0 fully saturated rings. The lowest BCUT2D eigenvalue weighted by Gasteiger charge is -2.09. The molecule has 0 aliphatic heterocycles. The minimum absolute atomic E-state index is 0.467. The predicted molar refractivity (Wildman–Crippen MR) is 55.8 cm³/mol. The molecule has 0 unspecified atom stereocenters. The van der Waals surface area contributed by atoms with Crippen molar-refractivity contribution in [3.8, 4) is 0 Å². The van der Waals surface area contributed by atoms with E-state index >= 15 is 0 Å². The van der Waals surface area contributed by atoms with Crippen molar-refractivity contribution in [1.82, 2.24) is 0 Å². The van der Waals surface area contributed by atoms with Crippen molar-refractivity contribution in [2.24, 2.45) is 0 Å². The molecule has 1 aromatic rings. The van der Waals surface area contributed by atoms with E-state index in [-0.39, 0.29) is 0 Å². The molecule has 1 nitrogen and oxygen atoms in total. The van der Waals surface area contributed by atoms with Gasteiger partial charge in [-0.05, 0) is 42.6 Å². The highest BCUT2D eigenvalue weighted by molar-refractivity contribution is 6.47. The first kappa shape index (κ1) is 9.48. The Balaban J connectivity index is 3.08. The van der Waals surface area contributed by atoms with Crippen LogP contribution >= 0.6 is 0 Å². The third kappa shape index (κ3) is 1.76. The molecule has 0 saturated heterocycles.